The van der Waals surface area contributed by atoms with Gasteiger partial charge < -0.3 is 0 Å². The third kappa shape index (κ3) is 2.31. The third-order valence-electron chi connectivity index (χ3n) is 1.63. The molecular weight excluding hydrogens is 225 g/mol. The van der Waals surface area contributed by atoms with Crippen LogP contribution in [0.25, 0.3) is 10.8 Å². The fourth-order valence-corrected chi connectivity index (χ4v) is 1.56. The van der Waals surface area contributed by atoms with Crippen molar-refractivity contribution in [1.29, 1.82) is 0 Å². The summed E-state index contributed by atoms with van der Waals surface area (Å²) in [4.78, 5) is 4.12. The van der Waals surface area contributed by atoms with E-state index in [1.807, 2.05) is 38.9 Å². The molecule has 1 nitrogen and oxygen atoms in total. The van der Waals surface area contributed by atoms with E-state index in [0.29, 0.717) is 0 Å². The van der Waals surface area contributed by atoms with Crippen molar-refractivity contribution < 1.29 is 0 Å². The van der Waals surface area contributed by atoms with Crippen LogP contribution in [-0.2, 0) is 0 Å². The summed E-state index contributed by atoms with van der Waals surface area (Å²) in [5.74, 6) is 0. The molecular formula is C10H11BBrN. The van der Waals surface area contributed by atoms with Crippen LogP contribution in [0.3, 0.4) is 0 Å². The summed E-state index contributed by atoms with van der Waals surface area (Å²) >= 11 is 3.39. The number of hydrogen-bond acceptors (Lipinski definition) is 1. The van der Waals surface area contributed by atoms with Crippen LogP contribution in [0.4, 0.5) is 0 Å². The molecule has 0 N–H and O–H groups in total. The molecule has 0 spiro atoms. The van der Waals surface area contributed by atoms with Gasteiger partial charge in [0, 0.05) is 11.6 Å². The zero-order chi connectivity index (χ0) is 9.68. The number of rotatable bonds is 0. The number of nitrogens with zero attached hydrogens (tertiary/aromatic N) is 1. The molecule has 1 aromatic carbocycles. The fourth-order valence-electron chi connectivity index (χ4n) is 1.08. The molecule has 2 rings (SSSR count). The van der Waals surface area contributed by atoms with Crippen LogP contribution < -0.4 is 0 Å². The Morgan fingerprint density at radius 3 is 2.54 bits per heavy atom. The van der Waals surface area contributed by atoms with Gasteiger partial charge in [-0.1, -0.05) is 31.1 Å². The second-order valence-electron chi connectivity index (χ2n) is 2.32. The van der Waals surface area contributed by atoms with Crippen LogP contribution in [-0.4, -0.2) is 12.8 Å². The monoisotopic (exact) mass is 235 g/mol. The Kier molecular flexibility index (Phi) is 3.96. The Hall–Kier alpha value is -0.825. The summed E-state index contributed by atoms with van der Waals surface area (Å²) in [7, 11) is 2.00. The fraction of sp³-hybridized carbons (Fsp3) is 0.100. The van der Waals surface area contributed by atoms with Gasteiger partial charge in [-0.05, 0) is 27.4 Å². The molecule has 0 saturated heterocycles. The summed E-state index contributed by atoms with van der Waals surface area (Å²) in [5, 5.41) is 2.38. The summed E-state index contributed by atoms with van der Waals surface area (Å²) in [5.41, 5.74) is 0. The predicted molar refractivity (Wildman–Crippen MR) is 63.9 cm³/mol. The minimum atomic E-state index is 0.913. The first-order chi connectivity index (χ1) is 6.38. The van der Waals surface area contributed by atoms with Gasteiger partial charge in [-0.25, -0.2) is 4.98 Å². The second kappa shape index (κ2) is 5.02. The Balaban J connectivity index is 0.000000396. The smallest absolute Gasteiger partial charge is 0.113 e. The number of pyridine rings is 1. The number of hydrogen-bond donors (Lipinski definition) is 0. The normalized spacial score (nSPS) is 9.08. The molecule has 1 heterocycles. The van der Waals surface area contributed by atoms with E-state index in [4.69, 9.17) is 0 Å². The molecule has 0 atom stereocenters. The maximum atomic E-state index is 4.12. The molecule has 0 saturated carbocycles. The molecule has 0 bridgehead atoms. The molecule has 2 aromatic rings. The Labute approximate surface area is 87.7 Å². The van der Waals surface area contributed by atoms with Crippen molar-refractivity contribution in [3.8, 4) is 0 Å². The zero-order valence-electron chi connectivity index (χ0n) is 7.79. The highest BCUT2D eigenvalue weighted by Crippen LogP contribution is 2.20. The van der Waals surface area contributed by atoms with E-state index in [-0.39, 0.29) is 0 Å². The topological polar surface area (TPSA) is 12.9 Å². The number of aromatic nitrogens is 1. The average Bonchev–Trinajstić information content (AvgIpc) is 2.22. The van der Waals surface area contributed by atoms with Crippen LogP contribution in [0.15, 0.2) is 41.1 Å². The van der Waals surface area contributed by atoms with E-state index in [1.54, 1.807) is 6.20 Å². The first-order valence-corrected chi connectivity index (χ1v) is 5.16. The lowest BCUT2D eigenvalue weighted by Gasteiger charge is -1.96. The van der Waals surface area contributed by atoms with Gasteiger partial charge in [0.15, 0.2) is 0 Å². The molecule has 0 radical (unpaired) electrons. The maximum Gasteiger partial charge on any atom is 0.113 e. The van der Waals surface area contributed by atoms with Crippen molar-refractivity contribution in [3.05, 3.63) is 41.1 Å². The van der Waals surface area contributed by atoms with Gasteiger partial charge in [0.2, 0.25) is 0 Å². The van der Waals surface area contributed by atoms with Gasteiger partial charge in [0.1, 0.15) is 4.60 Å². The van der Waals surface area contributed by atoms with Gasteiger partial charge in [-0.2, -0.15) is 0 Å². The van der Waals surface area contributed by atoms with Gasteiger partial charge in [0.25, 0.3) is 0 Å². The quantitative estimate of drug-likeness (QED) is 0.506. The van der Waals surface area contributed by atoms with E-state index in [0.717, 1.165) is 9.99 Å². The maximum absolute atomic E-state index is 4.12. The Bertz CT molecular complexity index is 384. The highest BCUT2D eigenvalue weighted by Gasteiger charge is 1.95. The van der Waals surface area contributed by atoms with Crippen molar-refractivity contribution in [3.63, 3.8) is 0 Å². The Morgan fingerprint density at radius 1 is 1.15 bits per heavy atom. The molecule has 0 unspecified atom stereocenters. The second-order valence-corrected chi connectivity index (χ2v) is 3.07. The highest BCUT2D eigenvalue weighted by molar-refractivity contribution is 9.10. The standard InChI is InChI=1S/C9H6BrN.CH5B/c10-9-8-4-2-1-3-7(8)5-6-11-9;1-2/h1-6H;2H2,1H3. The minimum absolute atomic E-state index is 0.913. The number of fused-ring (bicyclic) bond motifs is 1. The summed E-state index contributed by atoms with van der Waals surface area (Å²) < 4.78 is 0.913. The largest absolute Gasteiger partial charge is 0.249 e. The molecule has 0 aliphatic carbocycles. The van der Waals surface area contributed by atoms with Crippen molar-refractivity contribution >= 4 is 34.5 Å². The molecule has 3 heteroatoms. The molecule has 1 aromatic heterocycles. The van der Waals surface area contributed by atoms with Crippen molar-refractivity contribution in [1.82, 2.24) is 4.98 Å². The van der Waals surface area contributed by atoms with Gasteiger partial charge >= 0.3 is 0 Å². The van der Waals surface area contributed by atoms with Crippen molar-refractivity contribution in [2.75, 3.05) is 0 Å². The number of benzene rings is 1. The van der Waals surface area contributed by atoms with E-state index in [2.05, 4.69) is 27.0 Å². The summed E-state index contributed by atoms with van der Waals surface area (Å²) in [6.07, 6.45) is 1.80. The lowest BCUT2D eigenvalue weighted by molar-refractivity contribution is 1.31. The minimum Gasteiger partial charge on any atom is -0.249 e. The SMILES string of the molecule is BC.Brc1nccc2ccccc12. The molecule has 0 aliphatic rings. The predicted octanol–water partition coefficient (Wildman–Crippen LogP) is 2.66. The third-order valence-corrected chi connectivity index (χ3v) is 2.26. The zero-order valence-corrected chi connectivity index (χ0v) is 9.38. The highest BCUT2D eigenvalue weighted by atomic mass is 79.9. The van der Waals surface area contributed by atoms with Gasteiger partial charge in [-0.3, -0.25) is 0 Å². The van der Waals surface area contributed by atoms with Crippen LogP contribution in [0.1, 0.15) is 0 Å². The average molecular weight is 236 g/mol. The van der Waals surface area contributed by atoms with Crippen LogP contribution in [0, 0.1) is 0 Å². The Morgan fingerprint density at radius 2 is 1.85 bits per heavy atom. The molecule has 13 heavy (non-hydrogen) atoms. The first kappa shape index (κ1) is 10.3. The lowest BCUT2D eigenvalue weighted by atomic mass is 10.2. The van der Waals surface area contributed by atoms with E-state index in [1.165, 1.54) is 5.39 Å². The van der Waals surface area contributed by atoms with Gasteiger partial charge in [-0.15, -0.1) is 0 Å². The number of halogens is 1. The molecule has 0 aliphatic heterocycles. The van der Waals surface area contributed by atoms with E-state index < -0.39 is 0 Å². The molecule has 66 valence electrons. The summed E-state index contributed by atoms with van der Waals surface area (Å²) in [6.45, 7) is 2.00. The van der Waals surface area contributed by atoms with Crippen molar-refractivity contribution in [2.45, 2.75) is 6.82 Å². The van der Waals surface area contributed by atoms with Crippen LogP contribution in [0.5, 0.6) is 0 Å². The summed E-state index contributed by atoms with van der Waals surface area (Å²) in [6, 6.07) is 10.2. The first-order valence-electron chi connectivity index (χ1n) is 4.37. The van der Waals surface area contributed by atoms with Crippen LogP contribution >= 0.6 is 15.9 Å². The lowest BCUT2D eigenvalue weighted by Crippen LogP contribution is -1.76. The van der Waals surface area contributed by atoms with E-state index >= 15 is 0 Å². The van der Waals surface area contributed by atoms with Crippen LogP contribution in [0.2, 0.25) is 6.82 Å². The van der Waals surface area contributed by atoms with Gasteiger partial charge in [0.05, 0.1) is 7.85 Å². The van der Waals surface area contributed by atoms with E-state index in [9.17, 15) is 0 Å². The molecule has 0 amide bonds. The molecule has 0 fully saturated rings. The van der Waals surface area contributed by atoms with Crippen molar-refractivity contribution in [2.24, 2.45) is 0 Å².